The molecule has 1 N–H and O–H groups in total. The van der Waals surface area contributed by atoms with Gasteiger partial charge in [-0.15, -0.1) is 12.4 Å². The summed E-state index contributed by atoms with van der Waals surface area (Å²) in [6.45, 7) is 1.20. The number of nitrogens with one attached hydrogen (secondary N) is 1. The molecule has 1 rings (SSSR count). The number of methoxy groups -OCH3 is 1. The second-order valence-corrected chi connectivity index (χ2v) is 3.52. The van der Waals surface area contributed by atoms with Crippen LogP contribution < -0.4 is 5.32 Å². The number of ether oxygens (including phenoxy) is 1. The van der Waals surface area contributed by atoms with E-state index in [-0.39, 0.29) is 30.8 Å². The van der Waals surface area contributed by atoms with Gasteiger partial charge in [-0.25, -0.2) is 8.78 Å². The van der Waals surface area contributed by atoms with Crippen LogP contribution in [0.1, 0.15) is 0 Å². The number of nitrogens with zero attached hydrogens (tertiary/aromatic N) is 1. The Kier molecular flexibility index (Phi) is 7.53. The van der Waals surface area contributed by atoms with Crippen LogP contribution in [0.5, 0.6) is 0 Å². The Bertz CT molecular complexity index is 216. The number of amides is 1. The van der Waals surface area contributed by atoms with Crippen LogP contribution in [0.15, 0.2) is 0 Å². The lowest BCUT2D eigenvalue weighted by Gasteiger charge is -2.32. The Hall–Kier alpha value is -0.460. The van der Waals surface area contributed by atoms with Gasteiger partial charge >= 0.3 is 0 Å². The van der Waals surface area contributed by atoms with Crippen molar-refractivity contribution < 1.29 is 18.3 Å². The lowest BCUT2D eigenvalue weighted by molar-refractivity contribution is -0.139. The largest absolute Gasteiger partial charge is 0.383 e. The molecule has 0 aromatic heterocycles. The van der Waals surface area contributed by atoms with Crippen LogP contribution in [0, 0.1) is 5.92 Å². The van der Waals surface area contributed by atoms with Gasteiger partial charge in [-0.3, -0.25) is 4.79 Å². The predicted molar refractivity (Wildman–Crippen MR) is 58.1 cm³/mol. The maximum atomic E-state index is 12.2. The number of carbonyl (C=O) groups excluding carboxylic acids is 1. The van der Waals surface area contributed by atoms with Crippen LogP contribution >= 0.6 is 12.4 Å². The molecule has 1 fully saturated rings. The molecular formula is C9H17ClF2N2O2. The maximum absolute atomic E-state index is 12.2. The topological polar surface area (TPSA) is 41.6 Å². The average molecular weight is 259 g/mol. The summed E-state index contributed by atoms with van der Waals surface area (Å²) in [6, 6.07) is 0. The summed E-state index contributed by atoms with van der Waals surface area (Å²) in [5, 5.41) is 2.94. The Labute approximate surface area is 99.7 Å². The summed E-state index contributed by atoms with van der Waals surface area (Å²) in [4.78, 5) is 12.8. The molecule has 0 saturated carbocycles. The minimum absolute atomic E-state index is 0. The molecule has 1 aliphatic rings. The summed E-state index contributed by atoms with van der Waals surface area (Å²) in [5.74, 6) is -0.341. The Morgan fingerprint density at radius 3 is 2.56 bits per heavy atom. The zero-order chi connectivity index (χ0) is 11.3. The van der Waals surface area contributed by atoms with Crippen LogP contribution in [0.25, 0.3) is 0 Å². The van der Waals surface area contributed by atoms with Crippen LogP contribution in [-0.2, 0) is 9.53 Å². The first kappa shape index (κ1) is 15.5. The fraction of sp³-hybridized carbons (Fsp3) is 0.889. The van der Waals surface area contributed by atoms with Gasteiger partial charge in [-0.05, 0) is 0 Å². The monoisotopic (exact) mass is 258 g/mol. The fourth-order valence-electron chi connectivity index (χ4n) is 1.38. The van der Waals surface area contributed by atoms with E-state index < -0.39 is 13.0 Å². The van der Waals surface area contributed by atoms with Crippen LogP contribution in [0.4, 0.5) is 8.78 Å². The predicted octanol–water partition coefficient (Wildman–Crippen LogP) is 0.368. The van der Waals surface area contributed by atoms with Crippen molar-refractivity contribution in [2.45, 2.75) is 6.43 Å². The van der Waals surface area contributed by atoms with Crippen molar-refractivity contribution in [2.75, 3.05) is 39.9 Å². The van der Waals surface area contributed by atoms with Gasteiger partial charge in [0.2, 0.25) is 5.91 Å². The smallest absolute Gasteiger partial charge is 0.255 e. The highest BCUT2D eigenvalue weighted by Gasteiger charge is 2.30. The summed E-state index contributed by atoms with van der Waals surface area (Å²) < 4.78 is 29.2. The van der Waals surface area contributed by atoms with E-state index in [1.165, 1.54) is 12.0 Å². The van der Waals surface area contributed by atoms with Crippen molar-refractivity contribution in [1.82, 2.24) is 10.2 Å². The second kappa shape index (κ2) is 7.76. The van der Waals surface area contributed by atoms with E-state index in [0.29, 0.717) is 19.7 Å². The van der Waals surface area contributed by atoms with Crippen molar-refractivity contribution in [1.29, 1.82) is 0 Å². The van der Waals surface area contributed by atoms with Gasteiger partial charge in [0.15, 0.2) is 0 Å². The zero-order valence-corrected chi connectivity index (χ0v) is 9.93. The third kappa shape index (κ3) is 4.59. The number of rotatable bonds is 6. The van der Waals surface area contributed by atoms with Gasteiger partial charge in [0.1, 0.15) is 0 Å². The van der Waals surface area contributed by atoms with E-state index in [0.717, 1.165) is 0 Å². The lowest BCUT2D eigenvalue weighted by Crippen LogP contribution is -2.53. The van der Waals surface area contributed by atoms with Gasteiger partial charge in [0, 0.05) is 26.7 Å². The molecule has 0 aromatic carbocycles. The summed E-state index contributed by atoms with van der Waals surface area (Å²) in [7, 11) is 1.48. The Balaban J connectivity index is 0.00000225. The van der Waals surface area contributed by atoms with Crippen molar-refractivity contribution in [3.63, 3.8) is 0 Å². The minimum atomic E-state index is -2.49. The molecule has 0 spiro atoms. The van der Waals surface area contributed by atoms with Crippen LogP contribution in [-0.4, -0.2) is 57.1 Å². The molecule has 0 aromatic rings. The summed E-state index contributed by atoms with van der Waals surface area (Å²) in [5.41, 5.74) is 0. The third-order valence-electron chi connectivity index (χ3n) is 2.37. The summed E-state index contributed by atoms with van der Waals surface area (Å²) >= 11 is 0. The molecule has 0 atom stereocenters. The molecule has 1 heterocycles. The van der Waals surface area contributed by atoms with Gasteiger partial charge in [0.05, 0.1) is 19.1 Å². The highest BCUT2D eigenvalue weighted by molar-refractivity contribution is 5.85. The van der Waals surface area contributed by atoms with Crippen LogP contribution in [0.3, 0.4) is 0 Å². The van der Waals surface area contributed by atoms with E-state index in [1.807, 2.05) is 0 Å². The maximum Gasteiger partial charge on any atom is 0.255 e. The normalized spacial score (nSPS) is 15.5. The molecule has 4 nitrogen and oxygen atoms in total. The Morgan fingerprint density at radius 1 is 1.56 bits per heavy atom. The zero-order valence-electron chi connectivity index (χ0n) is 9.12. The highest BCUT2D eigenvalue weighted by atomic mass is 35.5. The van der Waals surface area contributed by atoms with E-state index in [9.17, 15) is 13.6 Å². The van der Waals surface area contributed by atoms with Crippen molar-refractivity contribution in [3.05, 3.63) is 0 Å². The first-order valence-corrected chi connectivity index (χ1v) is 4.91. The van der Waals surface area contributed by atoms with Gasteiger partial charge in [0.25, 0.3) is 6.43 Å². The second-order valence-electron chi connectivity index (χ2n) is 3.52. The molecule has 0 aliphatic carbocycles. The molecule has 0 unspecified atom stereocenters. The number of carbonyl (C=O) groups is 1. The lowest BCUT2D eigenvalue weighted by atomic mass is 10.0. The van der Waals surface area contributed by atoms with Gasteiger partial charge < -0.3 is 15.0 Å². The van der Waals surface area contributed by atoms with Gasteiger partial charge in [-0.2, -0.15) is 0 Å². The summed E-state index contributed by atoms with van der Waals surface area (Å²) in [6.07, 6.45) is -2.49. The molecule has 1 saturated heterocycles. The quantitative estimate of drug-likeness (QED) is 0.748. The van der Waals surface area contributed by atoms with E-state index in [2.05, 4.69) is 5.32 Å². The third-order valence-corrected chi connectivity index (χ3v) is 2.37. The molecule has 1 amide bonds. The molecule has 1 aliphatic heterocycles. The molecule has 7 heteroatoms. The number of hydrogen-bond donors (Lipinski definition) is 1. The Morgan fingerprint density at radius 2 is 2.19 bits per heavy atom. The van der Waals surface area contributed by atoms with Crippen molar-refractivity contribution >= 4 is 18.3 Å². The average Bonchev–Trinajstić information content (AvgIpc) is 2.08. The number of hydrogen-bond acceptors (Lipinski definition) is 3. The fourth-order valence-corrected chi connectivity index (χ4v) is 1.38. The number of alkyl halides is 2. The number of halogens is 3. The molecular weight excluding hydrogens is 242 g/mol. The van der Waals surface area contributed by atoms with Gasteiger partial charge in [-0.1, -0.05) is 0 Å². The minimum Gasteiger partial charge on any atom is -0.383 e. The van der Waals surface area contributed by atoms with E-state index in [4.69, 9.17) is 4.74 Å². The van der Waals surface area contributed by atoms with Crippen molar-refractivity contribution in [2.24, 2.45) is 5.92 Å². The molecule has 96 valence electrons. The van der Waals surface area contributed by atoms with E-state index in [1.54, 1.807) is 0 Å². The standard InChI is InChI=1S/C9H16F2N2O2.ClH/c1-15-3-2-13(6-8(10)11)9(14)7-4-12-5-7;/h7-8,12H,2-6H2,1H3;1H. The molecule has 0 bridgehead atoms. The van der Waals surface area contributed by atoms with Crippen molar-refractivity contribution in [3.8, 4) is 0 Å². The first-order valence-electron chi connectivity index (χ1n) is 4.91. The van der Waals surface area contributed by atoms with E-state index >= 15 is 0 Å². The van der Waals surface area contributed by atoms with Crippen LogP contribution in [0.2, 0.25) is 0 Å². The SMILES string of the molecule is COCCN(CC(F)F)C(=O)C1CNC1.Cl. The molecule has 0 radical (unpaired) electrons. The molecule has 16 heavy (non-hydrogen) atoms. The first-order chi connectivity index (χ1) is 7.15. The highest BCUT2D eigenvalue weighted by Crippen LogP contribution is 2.10.